The molecule has 0 heterocycles. The highest BCUT2D eigenvalue weighted by Crippen LogP contribution is 2.15. The highest BCUT2D eigenvalue weighted by Gasteiger charge is 2.20. The lowest BCUT2D eigenvalue weighted by Crippen LogP contribution is -2.42. The molecule has 0 aromatic heterocycles. The minimum absolute atomic E-state index is 0.0152. The van der Waals surface area contributed by atoms with Crippen LogP contribution in [0.4, 0.5) is 5.69 Å². The van der Waals surface area contributed by atoms with Gasteiger partial charge in [0.1, 0.15) is 0 Å². The summed E-state index contributed by atoms with van der Waals surface area (Å²) in [5.74, 6) is -1.37. The van der Waals surface area contributed by atoms with Crippen molar-refractivity contribution in [3.8, 4) is 0 Å². The number of carbonyl (C=O) groups is 2. The third-order valence-electron chi connectivity index (χ3n) is 3.48. The first-order valence-corrected chi connectivity index (χ1v) is 7.30. The van der Waals surface area contributed by atoms with Gasteiger partial charge in [0.15, 0.2) is 0 Å². The molecule has 1 aromatic rings. The molecule has 0 spiro atoms. The minimum atomic E-state index is -0.855. The second kappa shape index (κ2) is 8.29. The van der Waals surface area contributed by atoms with Crippen molar-refractivity contribution in [2.75, 3.05) is 31.1 Å². The summed E-state index contributed by atoms with van der Waals surface area (Å²) in [4.78, 5) is 26.9. The van der Waals surface area contributed by atoms with Crippen molar-refractivity contribution in [1.82, 2.24) is 4.90 Å². The van der Waals surface area contributed by atoms with E-state index in [9.17, 15) is 9.59 Å². The molecule has 21 heavy (non-hydrogen) atoms. The van der Waals surface area contributed by atoms with Crippen LogP contribution in [-0.2, 0) is 9.59 Å². The number of likely N-dealkylation sites (N-methyl/N-ethyl adjacent to an activating group) is 1. The molecule has 0 aliphatic rings. The predicted molar refractivity (Wildman–Crippen MR) is 83.4 cm³/mol. The standard InChI is InChI=1S/C16H24N2O3/c1-4-17(5-2)15(19)12-18(11-13(3)16(20)21)14-9-7-6-8-10-14/h6-10,13H,4-5,11-12H2,1-3H3,(H,20,21). The van der Waals surface area contributed by atoms with Crippen molar-refractivity contribution in [2.45, 2.75) is 20.8 Å². The number of benzene rings is 1. The van der Waals surface area contributed by atoms with E-state index in [1.54, 1.807) is 11.8 Å². The van der Waals surface area contributed by atoms with E-state index >= 15 is 0 Å². The van der Waals surface area contributed by atoms with Crippen LogP contribution in [0.15, 0.2) is 30.3 Å². The van der Waals surface area contributed by atoms with E-state index in [0.29, 0.717) is 19.6 Å². The molecule has 0 saturated carbocycles. The van der Waals surface area contributed by atoms with Gasteiger partial charge in [0.25, 0.3) is 0 Å². The smallest absolute Gasteiger partial charge is 0.308 e. The average Bonchev–Trinajstić information content (AvgIpc) is 2.48. The second-order valence-electron chi connectivity index (χ2n) is 5.02. The Morgan fingerprint density at radius 3 is 2.19 bits per heavy atom. The number of carboxylic acid groups (broad SMARTS) is 1. The van der Waals surface area contributed by atoms with Crippen molar-refractivity contribution < 1.29 is 14.7 Å². The molecule has 0 aliphatic carbocycles. The van der Waals surface area contributed by atoms with E-state index in [-0.39, 0.29) is 12.5 Å². The molecule has 0 saturated heterocycles. The van der Waals surface area contributed by atoms with Crippen LogP contribution in [0.3, 0.4) is 0 Å². The van der Waals surface area contributed by atoms with Crippen LogP contribution in [0.25, 0.3) is 0 Å². The molecule has 5 heteroatoms. The van der Waals surface area contributed by atoms with Gasteiger partial charge in [0.05, 0.1) is 12.5 Å². The van der Waals surface area contributed by atoms with Gasteiger partial charge >= 0.3 is 5.97 Å². The first-order valence-electron chi connectivity index (χ1n) is 7.30. The Morgan fingerprint density at radius 2 is 1.71 bits per heavy atom. The lowest BCUT2D eigenvalue weighted by atomic mass is 10.1. The summed E-state index contributed by atoms with van der Waals surface area (Å²) in [5, 5.41) is 9.09. The first kappa shape index (κ1) is 17.0. The lowest BCUT2D eigenvalue weighted by molar-refractivity contribution is -0.141. The SMILES string of the molecule is CCN(CC)C(=O)CN(CC(C)C(=O)O)c1ccccc1. The summed E-state index contributed by atoms with van der Waals surface area (Å²) in [6.07, 6.45) is 0. The molecule has 1 aromatic carbocycles. The molecule has 1 N–H and O–H groups in total. The van der Waals surface area contributed by atoms with Crippen molar-refractivity contribution >= 4 is 17.6 Å². The van der Waals surface area contributed by atoms with Crippen molar-refractivity contribution in [1.29, 1.82) is 0 Å². The van der Waals surface area contributed by atoms with Crippen LogP contribution in [0.2, 0.25) is 0 Å². The van der Waals surface area contributed by atoms with E-state index < -0.39 is 11.9 Å². The summed E-state index contributed by atoms with van der Waals surface area (Å²) < 4.78 is 0. The van der Waals surface area contributed by atoms with Gasteiger partial charge in [-0.1, -0.05) is 25.1 Å². The average molecular weight is 292 g/mol. The van der Waals surface area contributed by atoms with Crippen LogP contribution in [0, 0.1) is 5.92 Å². The van der Waals surface area contributed by atoms with E-state index in [4.69, 9.17) is 5.11 Å². The molecule has 5 nitrogen and oxygen atoms in total. The fourth-order valence-corrected chi connectivity index (χ4v) is 2.15. The number of carbonyl (C=O) groups excluding carboxylic acids is 1. The fraction of sp³-hybridized carbons (Fsp3) is 0.500. The molecule has 1 atom stereocenters. The Balaban J connectivity index is 2.87. The molecule has 1 amide bonds. The van der Waals surface area contributed by atoms with Crippen LogP contribution in [0.1, 0.15) is 20.8 Å². The van der Waals surface area contributed by atoms with Crippen molar-refractivity contribution in [3.05, 3.63) is 30.3 Å². The zero-order valence-corrected chi connectivity index (χ0v) is 13.0. The van der Waals surface area contributed by atoms with E-state index in [0.717, 1.165) is 5.69 Å². The Morgan fingerprint density at radius 1 is 1.14 bits per heavy atom. The number of amides is 1. The van der Waals surface area contributed by atoms with E-state index in [2.05, 4.69) is 0 Å². The van der Waals surface area contributed by atoms with Crippen LogP contribution in [-0.4, -0.2) is 48.1 Å². The van der Waals surface area contributed by atoms with Crippen LogP contribution in [0.5, 0.6) is 0 Å². The molecular weight excluding hydrogens is 268 g/mol. The molecule has 1 rings (SSSR count). The van der Waals surface area contributed by atoms with Gasteiger partial charge in [-0.3, -0.25) is 9.59 Å². The Hall–Kier alpha value is -2.04. The lowest BCUT2D eigenvalue weighted by Gasteiger charge is -2.29. The number of aliphatic carboxylic acids is 1. The largest absolute Gasteiger partial charge is 0.481 e. The molecule has 0 radical (unpaired) electrons. The number of nitrogens with zero attached hydrogens (tertiary/aromatic N) is 2. The predicted octanol–water partition coefficient (Wildman–Crippen LogP) is 2.08. The van der Waals surface area contributed by atoms with Crippen LogP contribution < -0.4 is 4.90 Å². The van der Waals surface area contributed by atoms with Crippen LogP contribution >= 0.6 is 0 Å². The molecule has 1 unspecified atom stereocenters. The highest BCUT2D eigenvalue weighted by atomic mass is 16.4. The molecule has 0 bridgehead atoms. The van der Waals surface area contributed by atoms with Gasteiger partial charge in [-0.2, -0.15) is 0 Å². The summed E-state index contributed by atoms with van der Waals surface area (Å²) in [6, 6.07) is 9.45. The monoisotopic (exact) mass is 292 g/mol. The number of rotatable bonds is 8. The van der Waals surface area contributed by atoms with Gasteiger partial charge in [-0.05, 0) is 26.0 Å². The maximum absolute atomic E-state index is 12.3. The molecule has 0 aliphatic heterocycles. The molecule has 116 valence electrons. The zero-order chi connectivity index (χ0) is 15.8. The quantitative estimate of drug-likeness (QED) is 0.797. The molecule has 0 fully saturated rings. The maximum atomic E-state index is 12.3. The zero-order valence-electron chi connectivity index (χ0n) is 13.0. The second-order valence-corrected chi connectivity index (χ2v) is 5.02. The summed E-state index contributed by atoms with van der Waals surface area (Å²) in [6.45, 7) is 7.36. The van der Waals surface area contributed by atoms with E-state index in [1.807, 2.05) is 49.1 Å². The number of carboxylic acids is 1. The van der Waals surface area contributed by atoms with Gasteiger partial charge in [0, 0.05) is 25.3 Å². The topological polar surface area (TPSA) is 60.9 Å². The summed E-state index contributed by atoms with van der Waals surface area (Å²) in [5.41, 5.74) is 0.867. The third kappa shape index (κ3) is 5.10. The number of para-hydroxylation sites is 1. The summed E-state index contributed by atoms with van der Waals surface area (Å²) in [7, 11) is 0. The maximum Gasteiger partial charge on any atom is 0.308 e. The first-order chi connectivity index (χ1) is 9.99. The summed E-state index contributed by atoms with van der Waals surface area (Å²) >= 11 is 0. The minimum Gasteiger partial charge on any atom is -0.481 e. The van der Waals surface area contributed by atoms with E-state index in [1.165, 1.54) is 0 Å². The Labute approximate surface area is 126 Å². The van der Waals surface area contributed by atoms with Crippen molar-refractivity contribution in [2.24, 2.45) is 5.92 Å². The Bertz CT molecular complexity index is 458. The fourth-order valence-electron chi connectivity index (χ4n) is 2.15. The van der Waals surface area contributed by atoms with Crippen molar-refractivity contribution in [3.63, 3.8) is 0 Å². The van der Waals surface area contributed by atoms with Gasteiger partial charge in [-0.15, -0.1) is 0 Å². The van der Waals surface area contributed by atoms with Gasteiger partial charge in [0.2, 0.25) is 5.91 Å². The normalized spacial score (nSPS) is 11.8. The number of anilines is 1. The third-order valence-corrected chi connectivity index (χ3v) is 3.48. The number of hydrogen-bond donors (Lipinski definition) is 1. The van der Waals surface area contributed by atoms with Gasteiger partial charge < -0.3 is 14.9 Å². The Kier molecular flexibility index (Phi) is 6.72. The number of hydrogen-bond acceptors (Lipinski definition) is 3. The van der Waals surface area contributed by atoms with Gasteiger partial charge in [-0.25, -0.2) is 0 Å². The molecular formula is C16H24N2O3. The highest BCUT2D eigenvalue weighted by molar-refractivity contribution is 5.82.